The lowest BCUT2D eigenvalue weighted by molar-refractivity contribution is -0.133. The Morgan fingerprint density at radius 1 is 1.17 bits per heavy atom. The fourth-order valence-electron chi connectivity index (χ4n) is 3.59. The summed E-state index contributed by atoms with van der Waals surface area (Å²) in [6.45, 7) is 3.40. The molecule has 120 valence electrons. The first-order valence-corrected chi connectivity index (χ1v) is 8.36. The Balaban J connectivity index is 1.33. The molecule has 2 aliphatic rings. The third-order valence-electron chi connectivity index (χ3n) is 5.03. The zero-order chi connectivity index (χ0) is 15.8. The van der Waals surface area contributed by atoms with E-state index < -0.39 is 0 Å². The third kappa shape index (κ3) is 2.87. The smallest absolute Gasteiger partial charge is 0.226 e. The van der Waals surface area contributed by atoms with Crippen LogP contribution in [0.1, 0.15) is 48.4 Å². The Hall–Kier alpha value is -2.17. The highest BCUT2D eigenvalue weighted by Crippen LogP contribution is 2.48. The summed E-state index contributed by atoms with van der Waals surface area (Å²) in [5.74, 6) is 2.55. The van der Waals surface area contributed by atoms with E-state index >= 15 is 0 Å². The summed E-state index contributed by atoms with van der Waals surface area (Å²) in [4.78, 5) is 14.7. The van der Waals surface area contributed by atoms with Crippen LogP contribution in [-0.4, -0.2) is 34.1 Å². The number of nitrogens with zero attached hydrogens (tertiary/aromatic N) is 3. The highest BCUT2D eigenvalue weighted by Gasteiger charge is 2.46. The van der Waals surface area contributed by atoms with Gasteiger partial charge in [-0.05, 0) is 30.7 Å². The van der Waals surface area contributed by atoms with Crippen LogP contribution in [0.5, 0.6) is 0 Å². The number of benzene rings is 1. The number of aromatic nitrogens is 2. The van der Waals surface area contributed by atoms with Crippen molar-refractivity contribution in [2.75, 3.05) is 13.1 Å². The summed E-state index contributed by atoms with van der Waals surface area (Å²) in [7, 11) is 0. The largest absolute Gasteiger partial charge is 0.425 e. The summed E-state index contributed by atoms with van der Waals surface area (Å²) < 4.78 is 5.53. The van der Waals surface area contributed by atoms with Gasteiger partial charge in [-0.15, -0.1) is 10.2 Å². The Bertz CT molecular complexity index is 689. The maximum Gasteiger partial charge on any atom is 0.226 e. The van der Waals surface area contributed by atoms with Crippen molar-refractivity contribution in [3.8, 4) is 0 Å². The minimum absolute atomic E-state index is 0.180. The van der Waals surface area contributed by atoms with Crippen LogP contribution in [0.2, 0.25) is 0 Å². The Morgan fingerprint density at radius 2 is 1.91 bits per heavy atom. The minimum atomic E-state index is 0.180. The first kappa shape index (κ1) is 14.4. The fourth-order valence-corrected chi connectivity index (χ4v) is 3.59. The van der Waals surface area contributed by atoms with E-state index in [0.29, 0.717) is 23.6 Å². The first-order chi connectivity index (χ1) is 11.2. The topological polar surface area (TPSA) is 59.2 Å². The van der Waals surface area contributed by atoms with Gasteiger partial charge >= 0.3 is 0 Å². The molecule has 0 radical (unpaired) electrons. The number of rotatable bonds is 3. The number of carbonyl (C=O) groups is 1. The van der Waals surface area contributed by atoms with Crippen molar-refractivity contribution in [3.63, 3.8) is 0 Å². The molecule has 1 aromatic heterocycles. The highest BCUT2D eigenvalue weighted by atomic mass is 16.4. The second-order valence-electron chi connectivity index (χ2n) is 6.62. The summed E-state index contributed by atoms with van der Waals surface area (Å²) in [5, 5.41) is 8.02. The molecular weight excluding hydrogens is 290 g/mol. The molecule has 1 saturated carbocycles. The van der Waals surface area contributed by atoms with E-state index in [-0.39, 0.29) is 5.92 Å². The Labute approximate surface area is 135 Å². The van der Waals surface area contributed by atoms with E-state index in [1.54, 1.807) is 0 Å². The second-order valence-corrected chi connectivity index (χ2v) is 6.62. The molecule has 2 unspecified atom stereocenters. The third-order valence-corrected chi connectivity index (χ3v) is 5.03. The van der Waals surface area contributed by atoms with Gasteiger partial charge in [0.25, 0.3) is 0 Å². The summed E-state index contributed by atoms with van der Waals surface area (Å²) in [6.07, 6.45) is 2.82. The van der Waals surface area contributed by atoms with Crippen LogP contribution in [0, 0.1) is 12.8 Å². The number of hydrogen-bond donors (Lipinski definition) is 0. The lowest BCUT2D eigenvalue weighted by atomic mass is 9.96. The molecule has 1 aromatic carbocycles. The molecule has 1 aliphatic carbocycles. The van der Waals surface area contributed by atoms with Gasteiger partial charge in [-0.25, -0.2) is 0 Å². The van der Waals surface area contributed by atoms with Crippen molar-refractivity contribution in [3.05, 3.63) is 47.7 Å². The van der Waals surface area contributed by atoms with Crippen molar-refractivity contribution >= 4 is 5.91 Å². The SMILES string of the molecule is Cc1nnc(C2CCN(C(=O)C3CC3c3ccccc3)CC2)o1. The van der Waals surface area contributed by atoms with Crippen molar-refractivity contribution < 1.29 is 9.21 Å². The quantitative estimate of drug-likeness (QED) is 0.874. The predicted molar refractivity (Wildman–Crippen MR) is 84.9 cm³/mol. The molecule has 1 saturated heterocycles. The maximum atomic E-state index is 12.7. The van der Waals surface area contributed by atoms with Gasteiger partial charge in [-0.3, -0.25) is 4.79 Å². The molecule has 2 fully saturated rings. The molecule has 4 rings (SSSR count). The summed E-state index contributed by atoms with van der Waals surface area (Å²) in [6, 6.07) is 10.4. The van der Waals surface area contributed by atoms with Crippen LogP contribution >= 0.6 is 0 Å². The average Bonchev–Trinajstić information content (AvgIpc) is 3.29. The van der Waals surface area contributed by atoms with Crippen LogP contribution in [0.3, 0.4) is 0 Å². The number of carbonyl (C=O) groups excluding carboxylic acids is 1. The lowest BCUT2D eigenvalue weighted by Gasteiger charge is -2.30. The maximum absolute atomic E-state index is 12.7. The van der Waals surface area contributed by atoms with Crippen molar-refractivity contribution in [1.82, 2.24) is 15.1 Å². The van der Waals surface area contributed by atoms with E-state index in [9.17, 15) is 4.79 Å². The second kappa shape index (κ2) is 5.80. The summed E-state index contributed by atoms with van der Waals surface area (Å²) in [5.41, 5.74) is 1.29. The van der Waals surface area contributed by atoms with Crippen LogP contribution in [0.15, 0.2) is 34.7 Å². The van der Waals surface area contributed by atoms with Crippen LogP contribution < -0.4 is 0 Å². The zero-order valence-electron chi connectivity index (χ0n) is 13.3. The molecular formula is C18H21N3O2. The van der Waals surface area contributed by atoms with Crippen molar-refractivity contribution in [1.29, 1.82) is 0 Å². The molecule has 0 spiro atoms. The van der Waals surface area contributed by atoms with Crippen LogP contribution in [0.25, 0.3) is 0 Å². The predicted octanol–water partition coefficient (Wildman–Crippen LogP) is 2.89. The van der Waals surface area contributed by atoms with Gasteiger partial charge in [0, 0.05) is 31.8 Å². The fraction of sp³-hybridized carbons (Fsp3) is 0.500. The average molecular weight is 311 g/mol. The van der Waals surface area contributed by atoms with E-state index in [0.717, 1.165) is 38.2 Å². The molecule has 2 heterocycles. The molecule has 23 heavy (non-hydrogen) atoms. The van der Waals surface area contributed by atoms with E-state index in [2.05, 4.69) is 22.3 Å². The Morgan fingerprint density at radius 3 is 2.57 bits per heavy atom. The number of piperidine rings is 1. The first-order valence-electron chi connectivity index (χ1n) is 8.36. The van der Waals surface area contributed by atoms with Gasteiger partial charge < -0.3 is 9.32 Å². The normalized spacial score (nSPS) is 24.7. The van der Waals surface area contributed by atoms with Gasteiger partial charge in [-0.2, -0.15) is 0 Å². The zero-order valence-corrected chi connectivity index (χ0v) is 13.3. The molecule has 2 aromatic rings. The van der Waals surface area contributed by atoms with Crippen LogP contribution in [0.4, 0.5) is 0 Å². The van der Waals surface area contributed by atoms with Gasteiger partial charge in [-0.1, -0.05) is 30.3 Å². The van der Waals surface area contributed by atoms with Crippen molar-refractivity contribution in [2.24, 2.45) is 5.92 Å². The standard InChI is InChI=1S/C18H21N3O2/c1-12-19-20-17(23-12)14-7-9-21(10-8-14)18(22)16-11-15(16)13-5-3-2-4-6-13/h2-6,14-16H,7-11H2,1H3. The van der Waals surface area contributed by atoms with Crippen molar-refractivity contribution in [2.45, 2.75) is 38.0 Å². The monoisotopic (exact) mass is 311 g/mol. The minimum Gasteiger partial charge on any atom is -0.425 e. The molecule has 5 nitrogen and oxygen atoms in total. The van der Waals surface area contributed by atoms with Gasteiger partial charge in [0.05, 0.1) is 0 Å². The molecule has 5 heteroatoms. The number of likely N-dealkylation sites (tertiary alicyclic amines) is 1. The molecule has 2 atom stereocenters. The van der Waals surface area contributed by atoms with Gasteiger partial charge in [0.1, 0.15) is 0 Å². The van der Waals surface area contributed by atoms with Gasteiger partial charge in [0.2, 0.25) is 17.7 Å². The van der Waals surface area contributed by atoms with E-state index in [1.165, 1.54) is 5.56 Å². The van der Waals surface area contributed by atoms with Gasteiger partial charge in [0.15, 0.2) is 0 Å². The molecule has 1 aliphatic heterocycles. The summed E-state index contributed by atoms with van der Waals surface area (Å²) >= 11 is 0. The number of aryl methyl sites for hydroxylation is 1. The number of hydrogen-bond acceptors (Lipinski definition) is 4. The molecule has 0 bridgehead atoms. The Kier molecular flexibility index (Phi) is 3.63. The highest BCUT2D eigenvalue weighted by molar-refractivity contribution is 5.83. The molecule has 1 amide bonds. The molecule has 0 N–H and O–H groups in total. The van der Waals surface area contributed by atoms with Crippen LogP contribution in [-0.2, 0) is 4.79 Å². The van der Waals surface area contributed by atoms with E-state index in [4.69, 9.17) is 4.42 Å². The lowest BCUT2D eigenvalue weighted by Crippen LogP contribution is -2.39. The van der Waals surface area contributed by atoms with E-state index in [1.807, 2.05) is 30.0 Å². The number of amides is 1.